The third-order valence-corrected chi connectivity index (χ3v) is 3.28. The van der Waals surface area contributed by atoms with Crippen LogP contribution in [0.3, 0.4) is 0 Å². The van der Waals surface area contributed by atoms with E-state index in [1.54, 1.807) is 11.8 Å². The minimum atomic E-state index is 1.04. The molecule has 1 heterocycles. The average Bonchev–Trinajstić information content (AvgIpc) is 2.25. The summed E-state index contributed by atoms with van der Waals surface area (Å²) in [5.41, 5.74) is 2.66. The summed E-state index contributed by atoms with van der Waals surface area (Å²) in [6, 6.07) is 12.5. The number of pyridine rings is 1. The zero-order valence-electron chi connectivity index (χ0n) is 8.90. The predicted octanol–water partition coefficient (Wildman–Crippen LogP) is 3.85. The van der Waals surface area contributed by atoms with Crippen LogP contribution in [-0.2, 0) is 0 Å². The van der Waals surface area contributed by atoms with Gasteiger partial charge in [-0.1, -0.05) is 23.9 Å². The Balaban J connectivity index is 2.22. The van der Waals surface area contributed by atoms with Gasteiger partial charge in [-0.15, -0.1) is 0 Å². The van der Waals surface area contributed by atoms with Crippen LogP contribution in [-0.4, -0.2) is 4.98 Å². The number of rotatable bonds is 2. The van der Waals surface area contributed by atoms with Gasteiger partial charge in [-0.2, -0.15) is 0 Å². The van der Waals surface area contributed by atoms with Crippen molar-refractivity contribution in [2.24, 2.45) is 0 Å². The number of hydrogen-bond acceptors (Lipinski definition) is 2. The first kappa shape index (κ1) is 10.2. The molecule has 0 aliphatic heterocycles. The van der Waals surface area contributed by atoms with Gasteiger partial charge in [-0.25, -0.2) is 4.98 Å². The van der Waals surface area contributed by atoms with E-state index in [1.165, 1.54) is 16.0 Å². The lowest BCUT2D eigenvalue weighted by Gasteiger charge is -2.04. The summed E-state index contributed by atoms with van der Waals surface area (Å²) in [5.74, 6) is 0. The lowest BCUT2D eigenvalue weighted by atomic mass is 10.1. The highest BCUT2D eigenvalue weighted by Gasteiger charge is 1.99. The summed E-state index contributed by atoms with van der Waals surface area (Å²) >= 11 is 1.70. The zero-order valence-corrected chi connectivity index (χ0v) is 9.71. The van der Waals surface area contributed by atoms with Crippen LogP contribution in [0, 0.1) is 13.8 Å². The van der Waals surface area contributed by atoms with E-state index in [1.807, 2.05) is 24.4 Å². The van der Waals surface area contributed by atoms with Crippen molar-refractivity contribution in [3.8, 4) is 0 Å². The van der Waals surface area contributed by atoms with E-state index < -0.39 is 0 Å². The second-order valence-corrected chi connectivity index (χ2v) is 4.61. The van der Waals surface area contributed by atoms with Crippen LogP contribution in [0.5, 0.6) is 0 Å². The molecule has 0 amide bonds. The Morgan fingerprint density at radius 2 is 1.87 bits per heavy atom. The van der Waals surface area contributed by atoms with Crippen molar-refractivity contribution >= 4 is 11.8 Å². The fourth-order valence-corrected chi connectivity index (χ4v) is 2.18. The van der Waals surface area contributed by atoms with E-state index >= 15 is 0 Å². The summed E-state index contributed by atoms with van der Waals surface area (Å²) < 4.78 is 0. The standard InChI is InChI=1S/C13H13NS/c1-10-6-7-12(9-11(10)2)15-13-5-3-4-8-14-13/h3-9H,1-2H3. The molecule has 2 aromatic rings. The van der Waals surface area contributed by atoms with Crippen LogP contribution in [0.2, 0.25) is 0 Å². The molecule has 1 aromatic carbocycles. The second kappa shape index (κ2) is 4.49. The van der Waals surface area contributed by atoms with Crippen molar-refractivity contribution in [2.45, 2.75) is 23.8 Å². The normalized spacial score (nSPS) is 10.3. The number of nitrogens with zero attached hydrogens (tertiary/aromatic N) is 1. The minimum absolute atomic E-state index is 1.04. The SMILES string of the molecule is Cc1ccc(Sc2ccccn2)cc1C. The molecule has 1 aromatic heterocycles. The van der Waals surface area contributed by atoms with E-state index in [9.17, 15) is 0 Å². The quantitative estimate of drug-likeness (QED) is 0.754. The van der Waals surface area contributed by atoms with E-state index in [0.29, 0.717) is 0 Å². The summed E-state index contributed by atoms with van der Waals surface area (Å²) in [6.45, 7) is 4.27. The third kappa shape index (κ3) is 2.60. The minimum Gasteiger partial charge on any atom is -0.250 e. The van der Waals surface area contributed by atoms with E-state index in [2.05, 4.69) is 37.0 Å². The fourth-order valence-electron chi connectivity index (χ4n) is 1.31. The zero-order chi connectivity index (χ0) is 10.7. The Bertz CT molecular complexity index is 451. The Labute approximate surface area is 94.6 Å². The second-order valence-electron chi connectivity index (χ2n) is 3.52. The van der Waals surface area contributed by atoms with Crippen LogP contribution in [0.25, 0.3) is 0 Å². The molecule has 2 rings (SSSR count). The molecule has 0 aliphatic rings. The first-order valence-electron chi connectivity index (χ1n) is 4.92. The van der Waals surface area contributed by atoms with Crippen LogP contribution in [0.4, 0.5) is 0 Å². The van der Waals surface area contributed by atoms with Gasteiger partial charge in [-0.05, 0) is 49.2 Å². The highest BCUT2D eigenvalue weighted by molar-refractivity contribution is 7.99. The smallest absolute Gasteiger partial charge is 0.101 e. The maximum atomic E-state index is 4.29. The molecule has 0 aliphatic carbocycles. The lowest BCUT2D eigenvalue weighted by molar-refractivity contribution is 1.13. The molecule has 0 N–H and O–H groups in total. The Morgan fingerprint density at radius 1 is 1.00 bits per heavy atom. The average molecular weight is 215 g/mol. The Morgan fingerprint density at radius 3 is 2.53 bits per heavy atom. The summed E-state index contributed by atoms with van der Waals surface area (Å²) in [7, 11) is 0. The van der Waals surface area contributed by atoms with Crippen LogP contribution < -0.4 is 0 Å². The topological polar surface area (TPSA) is 12.9 Å². The molecule has 1 nitrogen and oxygen atoms in total. The van der Waals surface area contributed by atoms with E-state index in [-0.39, 0.29) is 0 Å². The fraction of sp³-hybridized carbons (Fsp3) is 0.154. The third-order valence-electron chi connectivity index (χ3n) is 2.34. The van der Waals surface area contributed by atoms with Gasteiger partial charge in [0, 0.05) is 11.1 Å². The lowest BCUT2D eigenvalue weighted by Crippen LogP contribution is -1.82. The highest BCUT2D eigenvalue weighted by atomic mass is 32.2. The van der Waals surface area contributed by atoms with Crippen molar-refractivity contribution in [1.82, 2.24) is 4.98 Å². The molecule has 0 bridgehead atoms. The molecular formula is C13H13NS. The molecule has 15 heavy (non-hydrogen) atoms. The van der Waals surface area contributed by atoms with Gasteiger partial charge in [0.15, 0.2) is 0 Å². The summed E-state index contributed by atoms with van der Waals surface area (Å²) in [4.78, 5) is 5.54. The first-order valence-corrected chi connectivity index (χ1v) is 5.73. The van der Waals surface area contributed by atoms with Crippen molar-refractivity contribution in [2.75, 3.05) is 0 Å². The number of hydrogen-bond donors (Lipinski definition) is 0. The first-order chi connectivity index (χ1) is 7.25. The van der Waals surface area contributed by atoms with Gasteiger partial charge in [0.2, 0.25) is 0 Å². The van der Waals surface area contributed by atoms with Gasteiger partial charge in [0.1, 0.15) is 5.03 Å². The summed E-state index contributed by atoms with van der Waals surface area (Å²) in [5, 5.41) is 1.04. The maximum Gasteiger partial charge on any atom is 0.101 e. The van der Waals surface area contributed by atoms with Gasteiger partial charge in [-0.3, -0.25) is 0 Å². The van der Waals surface area contributed by atoms with Crippen LogP contribution in [0.15, 0.2) is 52.5 Å². The van der Waals surface area contributed by atoms with Gasteiger partial charge in [0.25, 0.3) is 0 Å². The molecule has 0 atom stereocenters. The molecule has 0 saturated heterocycles. The number of aromatic nitrogens is 1. The van der Waals surface area contributed by atoms with Crippen LogP contribution in [0.1, 0.15) is 11.1 Å². The molecule has 0 spiro atoms. The Kier molecular flexibility index (Phi) is 3.07. The molecule has 76 valence electrons. The summed E-state index contributed by atoms with van der Waals surface area (Å²) in [6.07, 6.45) is 1.82. The van der Waals surface area contributed by atoms with E-state index in [0.717, 1.165) is 5.03 Å². The Hall–Kier alpha value is -1.28. The van der Waals surface area contributed by atoms with E-state index in [4.69, 9.17) is 0 Å². The highest BCUT2D eigenvalue weighted by Crippen LogP contribution is 2.26. The number of benzene rings is 1. The van der Waals surface area contributed by atoms with Gasteiger partial charge < -0.3 is 0 Å². The monoisotopic (exact) mass is 215 g/mol. The number of aryl methyl sites for hydroxylation is 2. The van der Waals surface area contributed by atoms with Crippen LogP contribution >= 0.6 is 11.8 Å². The van der Waals surface area contributed by atoms with Crippen molar-refractivity contribution in [3.05, 3.63) is 53.7 Å². The van der Waals surface area contributed by atoms with Gasteiger partial charge in [0.05, 0.1) is 0 Å². The van der Waals surface area contributed by atoms with Gasteiger partial charge >= 0.3 is 0 Å². The van der Waals surface area contributed by atoms with Crippen molar-refractivity contribution < 1.29 is 0 Å². The maximum absolute atomic E-state index is 4.29. The molecule has 2 heteroatoms. The predicted molar refractivity (Wildman–Crippen MR) is 64.3 cm³/mol. The van der Waals surface area contributed by atoms with Crippen molar-refractivity contribution in [3.63, 3.8) is 0 Å². The molecule has 0 fully saturated rings. The molecule has 0 radical (unpaired) electrons. The largest absolute Gasteiger partial charge is 0.250 e. The molecule has 0 saturated carbocycles. The molecule has 0 unspecified atom stereocenters. The molecular weight excluding hydrogens is 202 g/mol. The van der Waals surface area contributed by atoms with Crippen molar-refractivity contribution in [1.29, 1.82) is 0 Å².